The van der Waals surface area contributed by atoms with Crippen molar-refractivity contribution in [2.75, 3.05) is 0 Å². The van der Waals surface area contributed by atoms with E-state index in [4.69, 9.17) is 9.31 Å². The molecule has 0 radical (unpaired) electrons. The van der Waals surface area contributed by atoms with Gasteiger partial charge in [-0.15, -0.1) is 0 Å². The van der Waals surface area contributed by atoms with Gasteiger partial charge in [0.15, 0.2) is 0 Å². The van der Waals surface area contributed by atoms with Gasteiger partial charge >= 0.3 is 7.12 Å². The molecule has 0 bridgehead atoms. The van der Waals surface area contributed by atoms with Crippen LogP contribution in [0.1, 0.15) is 27.7 Å². The number of hydrogen-bond donors (Lipinski definition) is 2. The van der Waals surface area contributed by atoms with E-state index < -0.39 is 0 Å². The third-order valence-corrected chi connectivity index (χ3v) is 14.8. The third-order valence-electron chi connectivity index (χ3n) is 14.0. The molecule has 1 fully saturated rings. The molecule has 1 aliphatic rings. The van der Waals surface area contributed by atoms with Crippen molar-refractivity contribution < 1.29 is 19.2 Å². The maximum absolute atomic E-state index is 12.4. The summed E-state index contributed by atoms with van der Waals surface area (Å²) in [5.74, 6) is 0. The molecule has 13 rings (SSSR count). The summed E-state index contributed by atoms with van der Waals surface area (Å²) in [6, 6.07) is 59.3. The number of para-hydroxylation sites is 2. The molecule has 10 nitrogen and oxygen atoms in total. The summed E-state index contributed by atoms with van der Waals surface area (Å²) in [6.45, 7) is 8.34. The Balaban J connectivity index is 0.000000119. The average Bonchev–Trinajstić information content (AvgIpc) is 4.01. The van der Waals surface area contributed by atoms with Crippen LogP contribution in [0.3, 0.4) is 0 Å². The van der Waals surface area contributed by atoms with Gasteiger partial charge in [0.05, 0.1) is 37.4 Å². The molecule has 1 aliphatic heterocycles. The van der Waals surface area contributed by atoms with Gasteiger partial charge in [0.25, 0.3) is 11.4 Å². The highest BCUT2D eigenvalue weighted by molar-refractivity contribution is 9.10. The van der Waals surface area contributed by atoms with Crippen molar-refractivity contribution in [2.45, 2.75) is 38.9 Å². The SMILES string of the molecule is CC1(C)OB(c2cccc3[nH]c4ccccc4c23)OC1(C)C.O=[N+]([O-])c1c(-c2cccc3[nH]c4ccccc4c23)c2ccccc2c2ccccc12.O=[N+]([O-])c1c(Br)c2ccccc2c2ccccc12. The summed E-state index contributed by atoms with van der Waals surface area (Å²) in [4.78, 5) is 30.0. The zero-order chi connectivity index (χ0) is 48.5. The molecule has 0 amide bonds. The lowest BCUT2D eigenvalue weighted by molar-refractivity contribution is -0.383. The van der Waals surface area contributed by atoms with Crippen LogP contribution >= 0.6 is 15.9 Å². The highest BCUT2D eigenvalue weighted by Gasteiger charge is 2.52. The van der Waals surface area contributed by atoms with Gasteiger partial charge in [-0.3, -0.25) is 20.2 Å². The van der Waals surface area contributed by atoms with Gasteiger partial charge in [-0.25, -0.2) is 0 Å². The van der Waals surface area contributed by atoms with Gasteiger partial charge in [0, 0.05) is 49.0 Å². The Morgan fingerprint density at radius 2 is 0.800 bits per heavy atom. The van der Waals surface area contributed by atoms with E-state index in [0.29, 0.717) is 20.8 Å². The molecule has 12 aromatic rings. The zero-order valence-electron chi connectivity index (χ0n) is 38.6. The largest absolute Gasteiger partial charge is 0.495 e. The van der Waals surface area contributed by atoms with Crippen molar-refractivity contribution in [1.82, 2.24) is 9.97 Å². The number of H-pyrrole nitrogens is 2. The third kappa shape index (κ3) is 7.34. The Bertz CT molecular complexity index is 4070. The molecule has 0 unspecified atom stereocenters. The second-order valence-corrected chi connectivity index (χ2v) is 19.3. The lowest BCUT2D eigenvalue weighted by Gasteiger charge is -2.32. The van der Waals surface area contributed by atoms with Crippen LogP contribution in [-0.2, 0) is 9.31 Å². The van der Waals surface area contributed by atoms with Crippen LogP contribution in [0.25, 0.3) is 97.8 Å². The van der Waals surface area contributed by atoms with Gasteiger partial charge < -0.3 is 19.3 Å². The first-order valence-corrected chi connectivity index (χ1v) is 23.8. The van der Waals surface area contributed by atoms with Crippen LogP contribution in [0.5, 0.6) is 0 Å². The predicted molar refractivity (Wildman–Crippen MR) is 290 cm³/mol. The number of nitro benzene ring substituents is 2. The molecule has 0 saturated carbocycles. The van der Waals surface area contributed by atoms with E-state index in [9.17, 15) is 20.2 Å². The molecule has 2 N–H and O–H groups in total. The maximum atomic E-state index is 12.4. The quantitative estimate of drug-likeness (QED) is 0.0780. The number of halogens is 1. The van der Waals surface area contributed by atoms with E-state index in [1.165, 1.54) is 10.8 Å². The Kier molecular flexibility index (Phi) is 11.0. The van der Waals surface area contributed by atoms with E-state index in [1.54, 1.807) is 6.07 Å². The summed E-state index contributed by atoms with van der Waals surface area (Å²) in [5, 5.41) is 35.0. The van der Waals surface area contributed by atoms with Crippen LogP contribution in [0, 0.1) is 20.2 Å². The summed E-state index contributed by atoms with van der Waals surface area (Å²) in [7, 11) is -0.340. The van der Waals surface area contributed by atoms with Crippen LogP contribution in [0.2, 0.25) is 0 Å². The van der Waals surface area contributed by atoms with Crippen LogP contribution in [0.4, 0.5) is 11.4 Å². The number of rotatable bonds is 4. The maximum Gasteiger partial charge on any atom is 0.495 e. The van der Waals surface area contributed by atoms with Gasteiger partial charge in [0.2, 0.25) is 0 Å². The van der Waals surface area contributed by atoms with Gasteiger partial charge in [-0.1, -0.05) is 146 Å². The molecule has 0 spiro atoms. The minimum Gasteiger partial charge on any atom is -0.399 e. The lowest BCUT2D eigenvalue weighted by Crippen LogP contribution is -2.41. The second kappa shape index (κ2) is 17.3. The number of fused-ring (bicyclic) bond motifs is 12. The highest BCUT2D eigenvalue weighted by Crippen LogP contribution is 2.47. The molecule has 1 saturated heterocycles. The summed E-state index contributed by atoms with van der Waals surface area (Å²) in [6.07, 6.45) is 0. The van der Waals surface area contributed by atoms with Gasteiger partial charge in [-0.2, -0.15) is 0 Å². The first kappa shape index (κ1) is 44.6. The van der Waals surface area contributed by atoms with Crippen molar-refractivity contribution in [3.63, 3.8) is 0 Å². The molecule has 0 atom stereocenters. The monoisotopic (exact) mass is 982 g/mol. The number of nitrogens with zero attached hydrogens (tertiary/aromatic N) is 2. The molecule has 12 heteroatoms. The number of nitro groups is 2. The van der Waals surface area contributed by atoms with Crippen molar-refractivity contribution in [3.05, 3.63) is 207 Å². The molecule has 10 aromatic carbocycles. The smallest absolute Gasteiger partial charge is 0.399 e. The molecule has 0 aliphatic carbocycles. The highest BCUT2D eigenvalue weighted by atomic mass is 79.9. The van der Waals surface area contributed by atoms with Crippen molar-refractivity contribution >= 4 is 127 Å². The van der Waals surface area contributed by atoms with E-state index >= 15 is 0 Å². The van der Waals surface area contributed by atoms with Crippen molar-refractivity contribution in [3.8, 4) is 11.1 Å². The predicted octanol–water partition coefficient (Wildman–Crippen LogP) is 15.5. The second-order valence-electron chi connectivity index (χ2n) is 18.5. The first-order valence-electron chi connectivity index (χ1n) is 23.0. The topological polar surface area (TPSA) is 136 Å². The Labute approximate surface area is 410 Å². The number of benzene rings is 10. The molecule has 3 heterocycles. The minimum absolute atomic E-state index is 0.129. The molecular weight excluding hydrogens is 939 g/mol. The minimum atomic E-state index is -0.340. The summed E-state index contributed by atoms with van der Waals surface area (Å²) in [5.41, 5.74) is 6.52. The number of aromatic amines is 2. The normalized spacial score (nSPS) is 14.1. The Hall–Kier alpha value is -7.90. The fourth-order valence-electron chi connectivity index (χ4n) is 10.0. The lowest BCUT2D eigenvalue weighted by atomic mass is 9.76. The van der Waals surface area contributed by atoms with Crippen LogP contribution in [0.15, 0.2) is 186 Å². The van der Waals surface area contributed by atoms with E-state index in [-0.39, 0.29) is 39.5 Å². The summed E-state index contributed by atoms with van der Waals surface area (Å²) < 4.78 is 13.0. The van der Waals surface area contributed by atoms with Gasteiger partial charge in [-0.05, 0) is 118 Å². The fourth-order valence-corrected chi connectivity index (χ4v) is 10.8. The van der Waals surface area contributed by atoms with Crippen molar-refractivity contribution in [1.29, 1.82) is 0 Å². The molecule has 342 valence electrons. The van der Waals surface area contributed by atoms with E-state index in [2.05, 4.69) is 96.1 Å². The number of nitrogens with one attached hydrogen (secondary N) is 2. The zero-order valence-corrected chi connectivity index (χ0v) is 40.2. The molecule has 70 heavy (non-hydrogen) atoms. The first-order chi connectivity index (χ1) is 33.8. The Morgan fingerprint density at radius 1 is 0.429 bits per heavy atom. The standard InChI is InChI=1S/C26H16N2O2.C18H20BNO2.C14H8BrNO2/c29-28(30)26-19-11-4-2-9-17(19)16-8-1-3-10-18(16)25(26)21-13-7-15-23-24(21)20-12-5-6-14-22(20)27-23;1-17(2)18(3,4)22-19(21-17)13-9-7-11-15-16(13)12-8-5-6-10-14(12)20-15;15-13-11-7-3-1-5-9(11)10-6-2-4-8-12(10)14(13)16(17)18/h1-15,27H;5-11,20H,1-4H3;1-8H. The van der Waals surface area contributed by atoms with Crippen molar-refractivity contribution in [2.24, 2.45) is 0 Å². The fraction of sp³-hybridized carbons (Fsp3) is 0.103. The molecule has 2 aromatic heterocycles. The average molecular weight is 984 g/mol. The number of aromatic nitrogens is 2. The number of hydrogen-bond acceptors (Lipinski definition) is 6. The van der Waals surface area contributed by atoms with Crippen LogP contribution in [-0.4, -0.2) is 38.1 Å². The molecular formula is C58H44BBrN4O6. The summed E-state index contributed by atoms with van der Waals surface area (Å²) >= 11 is 3.36. The van der Waals surface area contributed by atoms with E-state index in [0.717, 1.165) is 76.2 Å². The van der Waals surface area contributed by atoms with E-state index in [1.807, 2.05) is 133 Å². The van der Waals surface area contributed by atoms with Crippen LogP contribution < -0.4 is 5.46 Å². The van der Waals surface area contributed by atoms with Gasteiger partial charge in [0.1, 0.15) is 4.47 Å². The Morgan fingerprint density at radius 3 is 1.33 bits per heavy atom.